The van der Waals surface area contributed by atoms with Crippen LogP contribution in [0.4, 0.5) is 0 Å². The van der Waals surface area contributed by atoms with E-state index in [-0.39, 0.29) is 5.69 Å². The van der Waals surface area contributed by atoms with Gasteiger partial charge in [-0.2, -0.15) is 0 Å². The van der Waals surface area contributed by atoms with Crippen LogP contribution < -0.4 is 5.69 Å². The number of hydrogen-bond donors (Lipinski definition) is 3. The second-order valence-electron chi connectivity index (χ2n) is 3.54. The number of rotatable bonds is 3. The third kappa shape index (κ3) is 2.57. The zero-order valence-electron chi connectivity index (χ0n) is 8.66. The number of nitrogens with one attached hydrogen (secondary N) is 2. The van der Waals surface area contributed by atoms with E-state index < -0.39 is 11.7 Å². The molecule has 1 aromatic carbocycles. The summed E-state index contributed by atoms with van der Waals surface area (Å²) in [6.07, 6.45) is 0.306. The highest BCUT2D eigenvalue weighted by molar-refractivity contribution is 6.30. The molecular formula is C11H9ClN2O3. The van der Waals surface area contributed by atoms with Crippen LogP contribution in [0.5, 0.6) is 0 Å². The van der Waals surface area contributed by atoms with Gasteiger partial charge in [0.05, 0.1) is 5.69 Å². The maximum atomic E-state index is 11.1. The Labute approximate surface area is 101 Å². The van der Waals surface area contributed by atoms with E-state index in [1.54, 1.807) is 18.2 Å². The Morgan fingerprint density at radius 1 is 1.35 bits per heavy atom. The van der Waals surface area contributed by atoms with E-state index in [1.807, 2.05) is 6.07 Å². The van der Waals surface area contributed by atoms with Crippen molar-refractivity contribution in [1.29, 1.82) is 0 Å². The van der Waals surface area contributed by atoms with Gasteiger partial charge in [-0.3, -0.25) is 4.98 Å². The van der Waals surface area contributed by atoms with Crippen molar-refractivity contribution >= 4 is 17.6 Å². The molecule has 0 radical (unpaired) electrons. The van der Waals surface area contributed by atoms with Gasteiger partial charge >= 0.3 is 11.7 Å². The summed E-state index contributed by atoms with van der Waals surface area (Å²) >= 11 is 5.82. The summed E-state index contributed by atoms with van der Waals surface area (Å²) in [5.41, 5.74) is 0.523. The lowest BCUT2D eigenvalue weighted by Gasteiger charge is -2.01. The highest BCUT2D eigenvalue weighted by Crippen LogP contribution is 2.14. The number of aromatic amines is 2. The van der Waals surface area contributed by atoms with Crippen molar-refractivity contribution in [3.05, 3.63) is 56.7 Å². The monoisotopic (exact) mass is 252 g/mol. The van der Waals surface area contributed by atoms with Crippen LogP contribution in [0.25, 0.3) is 0 Å². The fourth-order valence-corrected chi connectivity index (χ4v) is 1.80. The highest BCUT2D eigenvalue weighted by atomic mass is 35.5. The summed E-state index contributed by atoms with van der Waals surface area (Å²) in [4.78, 5) is 26.6. The SMILES string of the molecule is O=C(O)c1[nH]c(=O)[nH]c1Cc1cccc(Cl)c1. The van der Waals surface area contributed by atoms with Gasteiger partial charge in [-0.1, -0.05) is 23.7 Å². The van der Waals surface area contributed by atoms with Gasteiger partial charge in [0.25, 0.3) is 0 Å². The van der Waals surface area contributed by atoms with Crippen molar-refractivity contribution in [1.82, 2.24) is 9.97 Å². The molecule has 88 valence electrons. The van der Waals surface area contributed by atoms with Crippen LogP contribution in [-0.4, -0.2) is 21.0 Å². The van der Waals surface area contributed by atoms with Gasteiger partial charge < -0.3 is 10.1 Å². The van der Waals surface area contributed by atoms with E-state index in [0.29, 0.717) is 17.1 Å². The zero-order chi connectivity index (χ0) is 12.4. The number of hydrogen-bond acceptors (Lipinski definition) is 2. The molecule has 1 heterocycles. The first-order chi connectivity index (χ1) is 8.06. The van der Waals surface area contributed by atoms with Crippen LogP contribution >= 0.6 is 11.6 Å². The van der Waals surface area contributed by atoms with Crippen LogP contribution in [-0.2, 0) is 6.42 Å². The van der Waals surface area contributed by atoms with Crippen LogP contribution in [0.1, 0.15) is 21.7 Å². The van der Waals surface area contributed by atoms with Crippen molar-refractivity contribution in [2.75, 3.05) is 0 Å². The quantitative estimate of drug-likeness (QED) is 0.776. The molecule has 2 aromatic rings. The molecule has 0 fully saturated rings. The first-order valence-electron chi connectivity index (χ1n) is 4.85. The Kier molecular flexibility index (Phi) is 3.01. The normalized spacial score (nSPS) is 10.4. The lowest BCUT2D eigenvalue weighted by Crippen LogP contribution is -2.04. The van der Waals surface area contributed by atoms with Gasteiger partial charge in [0.1, 0.15) is 5.69 Å². The number of benzene rings is 1. The molecule has 1 aromatic heterocycles. The molecule has 0 bridgehead atoms. The van der Waals surface area contributed by atoms with Gasteiger partial charge in [0.15, 0.2) is 0 Å². The van der Waals surface area contributed by atoms with E-state index in [9.17, 15) is 9.59 Å². The van der Waals surface area contributed by atoms with Crippen LogP contribution in [0.3, 0.4) is 0 Å². The van der Waals surface area contributed by atoms with Crippen molar-refractivity contribution < 1.29 is 9.90 Å². The van der Waals surface area contributed by atoms with Gasteiger partial charge in [0, 0.05) is 11.4 Å². The molecule has 6 heteroatoms. The standard InChI is InChI=1S/C11H9ClN2O3/c12-7-3-1-2-6(4-7)5-8-9(10(15)16)14-11(17)13-8/h1-4H,5H2,(H,15,16)(H2,13,14,17). The summed E-state index contributed by atoms with van der Waals surface area (Å²) in [6.45, 7) is 0. The molecule has 0 aliphatic carbocycles. The smallest absolute Gasteiger partial charge is 0.354 e. The van der Waals surface area contributed by atoms with Crippen molar-refractivity contribution in [3.63, 3.8) is 0 Å². The average molecular weight is 253 g/mol. The topological polar surface area (TPSA) is 85.9 Å². The third-order valence-electron chi connectivity index (χ3n) is 2.29. The Hall–Kier alpha value is -2.01. The number of imidazole rings is 1. The number of carboxylic acid groups (broad SMARTS) is 1. The minimum Gasteiger partial charge on any atom is -0.477 e. The predicted molar refractivity (Wildman–Crippen MR) is 62.6 cm³/mol. The Bertz CT molecular complexity index is 615. The van der Waals surface area contributed by atoms with Crippen molar-refractivity contribution in [2.45, 2.75) is 6.42 Å². The van der Waals surface area contributed by atoms with Crippen molar-refractivity contribution in [3.8, 4) is 0 Å². The molecule has 5 nitrogen and oxygen atoms in total. The zero-order valence-corrected chi connectivity index (χ0v) is 9.41. The molecule has 0 atom stereocenters. The lowest BCUT2D eigenvalue weighted by molar-refractivity contribution is 0.0690. The van der Waals surface area contributed by atoms with E-state index in [0.717, 1.165) is 5.56 Å². The van der Waals surface area contributed by atoms with Crippen LogP contribution in [0, 0.1) is 0 Å². The predicted octanol–water partition coefficient (Wildman–Crippen LogP) is 1.65. The second kappa shape index (κ2) is 4.47. The molecule has 3 N–H and O–H groups in total. The molecule has 0 saturated heterocycles. The number of carbonyl (C=O) groups is 1. The fourth-order valence-electron chi connectivity index (χ4n) is 1.59. The van der Waals surface area contributed by atoms with E-state index >= 15 is 0 Å². The largest absolute Gasteiger partial charge is 0.477 e. The van der Waals surface area contributed by atoms with Crippen LogP contribution in [0.15, 0.2) is 29.1 Å². The van der Waals surface area contributed by atoms with Gasteiger partial charge in [-0.15, -0.1) is 0 Å². The average Bonchev–Trinajstić information content (AvgIpc) is 2.59. The molecule has 0 unspecified atom stereocenters. The molecule has 0 aliphatic heterocycles. The molecule has 0 saturated carbocycles. The number of carboxylic acids is 1. The summed E-state index contributed by atoms with van der Waals surface area (Å²) in [7, 11) is 0. The first-order valence-corrected chi connectivity index (χ1v) is 5.23. The summed E-state index contributed by atoms with van der Waals surface area (Å²) in [5.74, 6) is -1.17. The van der Waals surface area contributed by atoms with E-state index in [2.05, 4.69) is 9.97 Å². The van der Waals surface area contributed by atoms with Gasteiger partial charge in [-0.05, 0) is 17.7 Å². The number of halogens is 1. The van der Waals surface area contributed by atoms with E-state index in [4.69, 9.17) is 16.7 Å². The lowest BCUT2D eigenvalue weighted by atomic mass is 10.1. The van der Waals surface area contributed by atoms with Crippen molar-refractivity contribution in [2.24, 2.45) is 0 Å². The number of H-pyrrole nitrogens is 2. The molecule has 0 amide bonds. The van der Waals surface area contributed by atoms with Gasteiger partial charge in [-0.25, -0.2) is 9.59 Å². The molecule has 0 spiro atoms. The van der Waals surface area contributed by atoms with Gasteiger partial charge in [0.2, 0.25) is 0 Å². The first kappa shape index (κ1) is 11.5. The summed E-state index contributed by atoms with van der Waals surface area (Å²) < 4.78 is 0. The maximum Gasteiger partial charge on any atom is 0.354 e. The Morgan fingerprint density at radius 3 is 2.76 bits per heavy atom. The maximum absolute atomic E-state index is 11.1. The van der Waals surface area contributed by atoms with E-state index in [1.165, 1.54) is 0 Å². The number of aromatic nitrogens is 2. The Balaban J connectivity index is 2.36. The molecular weight excluding hydrogens is 244 g/mol. The third-order valence-corrected chi connectivity index (χ3v) is 2.52. The minimum atomic E-state index is -1.17. The fraction of sp³-hybridized carbons (Fsp3) is 0.0909. The number of aromatic carboxylic acids is 1. The Morgan fingerprint density at radius 2 is 2.12 bits per heavy atom. The minimum absolute atomic E-state index is 0.116. The summed E-state index contributed by atoms with van der Waals surface area (Å²) in [5, 5.41) is 9.46. The molecule has 2 rings (SSSR count). The van der Waals surface area contributed by atoms with Crippen LogP contribution in [0.2, 0.25) is 5.02 Å². The second-order valence-corrected chi connectivity index (χ2v) is 3.98. The highest BCUT2D eigenvalue weighted by Gasteiger charge is 2.14. The summed E-state index contributed by atoms with van der Waals surface area (Å²) in [6, 6.07) is 7.02. The molecule has 17 heavy (non-hydrogen) atoms. The molecule has 0 aliphatic rings.